The fourth-order valence-electron chi connectivity index (χ4n) is 1.25. The third-order valence-electron chi connectivity index (χ3n) is 1.88. The second-order valence-corrected chi connectivity index (χ2v) is 3.28. The molecule has 0 saturated heterocycles. The molecule has 0 heterocycles. The van der Waals surface area contributed by atoms with Gasteiger partial charge in [-0.2, -0.15) is 0 Å². The smallest absolute Gasteiger partial charge is 0.235 e. The maximum atomic E-state index is 9.87. The van der Waals surface area contributed by atoms with E-state index >= 15 is 0 Å². The Bertz CT molecular complexity index is 324. The predicted octanol–water partition coefficient (Wildman–Crippen LogP) is 1.45. The van der Waals surface area contributed by atoms with E-state index in [4.69, 9.17) is 5.11 Å². The van der Waals surface area contributed by atoms with E-state index < -0.39 is 0 Å². The third kappa shape index (κ3) is 3.52. The fraction of sp³-hybridized carbons (Fsp3) is 0.364. The number of isocyanates is 1. The van der Waals surface area contributed by atoms with Crippen molar-refractivity contribution in [3.05, 3.63) is 35.4 Å². The van der Waals surface area contributed by atoms with Crippen molar-refractivity contribution < 1.29 is 9.90 Å². The van der Waals surface area contributed by atoms with Gasteiger partial charge in [0.25, 0.3) is 0 Å². The first kappa shape index (κ1) is 10.6. The summed E-state index contributed by atoms with van der Waals surface area (Å²) in [6.45, 7) is 2.13. The zero-order valence-corrected chi connectivity index (χ0v) is 8.10. The van der Waals surface area contributed by atoms with Gasteiger partial charge in [-0.1, -0.05) is 24.3 Å². The molecule has 3 heteroatoms. The highest BCUT2D eigenvalue weighted by molar-refractivity contribution is 5.34. The highest BCUT2D eigenvalue weighted by Crippen LogP contribution is 2.07. The summed E-state index contributed by atoms with van der Waals surface area (Å²) in [6.07, 6.45) is 1.82. The largest absolute Gasteiger partial charge is 0.393 e. The minimum Gasteiger partial charge on any atom is -0.393 e. The first-order valence-electron chi connectivity index (χ1n) is 4.52. The third-order valence-corrected chi connectivity index (χ3v) is 1.88. The number of benzene rings is 1. The Morgan fingerprint density at radius 3 is 2.43 bits per heavy atom. The normalized spacial score (nSPS) is 11.9. The summed E-state index contributed by atoms with van der Waals surface area (Å²) in [6, 6.07) is 7.67. The molecule has 0 aliphatic carbocycles. The number of carbonyl (C=O) groups excluding carboxylic acids is 1. The van der Waals surface area contributed by atoms with Gasteiger partial charge in [-0.15, -0.1) is 0 Å². The minimum absolute atomic E-state index is 0.325. The lowest BCUT2D eigenvalue weighted by atomic mass is 10.1. The monoisotopic (exact) mass is 191 g/mol. The average Bonchev–Trinajstić information content (AvgIpc) is 2.16. The highest BCUT2D eigenvalue weighted by atomic mass is 16.3. The molecule has 1 atom stereocenters. The number of aliphatic imine (C=N–C) groups is 1. The maximum Gasteiger partial charge on any atom is 0.235 e. The van der Waals surface area contributed by atoms with Crippen LogP contribution in [-0.4, -0.2) is 17.3 Å². The number of aliphatic hydroxyl groups excluding tert-OH is 1. The van der Waals surface area contributed by atoms with Crippen LogP contribution in [0.1, 0.15) is 18.1 Å². The van der Waals surface area contributed by atoms with Crippen molar-refractivity contribution in [3.63, 3.8) is 0 Å². The summed E-state index contributed by atoms with van der Waals surface area (Å²) in [4.78, 5) is 13.3. The Morgan fingerprint density at radius 1 is 1.36 bits per heavy atom. The molecule has 3 nitrogen and oxygen atoms in total. The van der Waals surface area contributed by atoms with Crippen molar-refractivity contribution in [1.29, 1.82) is 0 Å². The summed E-state index contributed by atoms with van der Waals surface area (Å²) in [7, 11) is 0. The van der Waals surface area contributed by atoms with Gasteiger partial charge < -0.3 is 5.11 Å². The second-order valence-electron chi connectivity index (χ2n) is 3.28. The van der Waals surface area contributed by atoms with Crippen LogP contribution >= 0.6 is 0 Å². The van der Waals surface area contributed by atoms with Crippen LogP contribution in [0.3, 0.4) is 0 Å². The van der Waals surface area contributed by atoms with Crippen LogP contribution in [0.2, 0.25) is 0 Å². The molecule has 0 bridgehead atoms. The zero-order chi connectivity index (χ0) is 10.4. The molecule has 1 unspecified atom stereocenters. The molecule has 0 aromatic heterocycles. The zero-order valence-electron chi connectivity index (χ0n) is 8.10. The minimum atomic E-state index is -0.325. The summed E-state index contributed by atoms with van der Waals surface area (Å²) < 4.78 is 0. The van der Waals surface area contributed by atoms with Gasteiger partial charge >= 0.3 is 0 Å². The number of rotatable bonds is 4. The summed E-state index contributed by atoms with van der Waals surface area (Å²) in [5.41, 5.74) is 2.06. The van der Waals surface area contributed by atoms with Crippen LogP contribution in [-0.2, 0) is 17.8 Å². The van der Waals surface area contributed by atoms with E-state index in [2.05, 4.69) is 4.99 Å². The van der Waals surface area contributed by atoms with E-state index in [9.17, 15) is 4.79 Å². The van der Waals surface area contributed by atoms with Gasteiger partial charge in [-0.25, -0.2) is 9.79 Å². The predicted molar refractivity (Wildman–Crippen MR) is 53.7 cm³/mol. The van der Waals surface area contributed by atoms with E-state index in [1.54, 1.807) is 6.92 Å². The number of aliphatic hydroxyl groups is 1. The molecule has 14 heavy (non-hydrogen) atoms. The molecular weight excluding hydrogens is 178 g/mol. The molecule has 0 saturated carbocycles. The van der Waals surface area contributed by atoms with Gasteiger partial charge in [0.05, 0.1) is 12.6 Å². The summed E-state index contributed by atoms with van der Waals surface area (Å²) in [5.74, 6) is 0. The Balaban J connectivity index is 2.63. The molecule has 0 amide bonds. The van der Waals surface area contributed by atoms with E-state index in [-0.39, 0.29) is 6.10 Å². The lowest BCUT2D eigenvalue weighted by Gasteiger charge is -2.04. The van der Waals surface area contributed by atoms with E-state index in [0.29, 0.717) is 13.0 Å². The molecule has 0 fully saturated rings. The van der Waals surface area contributed by atoms with Crippen molar-refractivity contribution in [2.45, 2.75) is 26.0 Å². The van der Waals surface area contributed by atoms with Crippen molar-refractivity contribution in [2.24, 2.45) is 4.99 Å². The molecule has 0 aliphatic rings. The quantitative estimate of drug-likeness (QED) is 0.578. The molecule has 0 spiro atoms. The van der Waals surface area contributed by atoms with Crippen LogP contribution in [0.5, 0.6) is 0 Å². The average molecular weight is 191 g/mol. The van der Waals surface area contributed by atoms with E-state index in [1.807, 2.05) is 24.3 Å². The van der Waals surface area contributed by atoms with Gasteiger partial charge in [-0.05, 0) is 24.5 Å². The molecule has 1 rings (SSSR count). The first-order valence-corrected chi connectivity index (χ1v) is 4.52. The number of hydrogen-bond acceptors (Lipinski definition) is 3. The first-order chi connectivity index (χ1) is 6.72. The molecular formula is C11H13NO2. The van der Waals surface area contributed by atoms with Gasteiger partial charge in [0.1, 0.15) is 0 Å². The maximum absolute atomic E-state index is 9.87. The Labute approximate surface area is 83.1 Å². The van der Waals surface area contributed by atoms with Gasteiger partial charge in [-0.3, -0.25) is 0 Å². The van der Waals surface area contributed by atoms with Crippen LogP contribution in [0.15, 0.2) is 29.3 Å². The van der Waals surface area contributed by atoms with Crippen LogP contribution in [0.4, 0.5) is 0 Å². The molecule has 1 N–H and O–H groups in total. The Kier molecular flexibility index (Phi) is 4.05. The lowest BCUT2D eigenvalue weighted by Crippen LogP contribution is -2.03. The van der Waals surface area contributed by atoms with Crippen molar-refractivity contribution in [1.82, 2.24) is 0 Å². The molecule has 0 radical (unpaired) electrons. The molecule has 0 aliphatic heterocycles. The topological polar surface area (TPSA) is 49.7 Å². The molecule has 74 valence electrons. The van der Waals surface area contributed by atoms with Crippen molar-refractivity contribution >= 4 is 6.08 Å². The van der Waals surface area contributed by atoms with Gasteiger partial charge in [0, 0.05) is 0 Å². The van der Waals surface area contributed by atoms with Crippen LogP contribution in [0.25, 0.3) is 0 Å². The standard InChI is InChI=1S/C11H13NO2/c1-9(14)6-10-2-4-11(5-3-10)7-12-8-13/h2-5,9,14H,6-7H2,1H3. The van der Waals surface area contributed by atoms with Crippen molar-refractivity contribution in [3.8, 4) is 0 Å². The fourth-order valence-corrected chi connectivity index (χ4v) is 1.25. The SMILES string of the molecule is CC(O)Cc1ccc(CN=C=O)cc1. The van der Waals surface area contributed by atoms with Gasteiger partial charge in [0.2, 0.25) is 6.08 Å². The van der Waals surface area contributed by atoms with Crippen molar-refractivity contribution in [2.75, 3.05) is 0 Å². The number of nitrogens with zero attached hydrogens (tertiary/aromatic N) is 1. The lowest BCUT2D eigenvalue weighted by molar-refractivity contribution is 0.195. The van der Waals surface area contributed by atoms with Gasteiger partial charge in [0.15, 0.2) is 0 Å². The van der Waals surface area contributed by atoms with E-state index in [1.165, 1.54) is 6.08 Å². The number of hydrogen-bond donors (Lipinski definition) is 1. The van der Waals surface area contributed by atoms with Crippen LogP contribution in [0, 0.1) is 0 Å². The molecule has 1 aromatic carbocycles. The molecule has 1 aromatic rings. The van der Waals surface area contributed by atoms with Crippen LogP contribution < -0.4 is 0 Å². The summed E-state index contributed by atoms with van der Waals surface area (Å²) >= 11 is 0. The highest BCUT2D eigenvalue weighted by Gasteiger charge is 1.98. The Hall–Kier alpha value is -1.44. The summed E-state index contributed by atoms with van der Waals surface area (Å²) in [5, 5.41) is 9.15. The second kappa shape index (κ2) is 5.32. The Morgan fingerprint density at radius 2 is 1.93 bits per heavy atom. The van der Waals surface area contributed by atoms with E-state index in [0.717, 1.165) is 11.1 Å².